The molecule has 1 atom stereocenters. The number of hydrogen-bond acceptors (Lipinski definition) is 8. The number of aromatic nitrogens is 2. The molecule has 0 aliphatic carbocycles. The minimum atomic E-state index is 0.104. The van der Waals surface area contributed by atoms with E-state index in [-0.39, 0.29) is 5.91 Å². The normalized spacial score (nSPS) is 16.5. The molecule has 1 aliphatic rings. The summed E-state index contributed by atoms with van der Waals surface area (Å²) in [5.41, 5.74) is 1.01. The molecule has 0 radical (unpaired) electrons. The van der Waals surface area contributed by atoms with Gasteiger partial charge in [-0.3, -0.25) is 4.79 Å². The third kappa shape index (κ3) is 4.71. The number of para-hydroxylation sites is 1. The first-order valence-electron chi connectivity index (χ1n) is 8.97. The fraction of sp³-hybridized carbons (Fsp3) is 0.316. The van der Waals surface area contributed by atoms with Crippen molar-refractivity contribution in [2.24, 2.45) is 0 Å². The molecule has 0 bridgehead atoms. The monoisotopic (exact) mass is 432 g/mol. The number of nitrogens with zero attached hydrogens (tertiary/aromatic N) is 3. The average Bonchev–Trinajstić information content (AvgIpc) is 3.34. The summed E-state index contributed by atoms with van der Waals surface area (Å²) in [5.74, 6) is 1.29. The summed E-state index contributed by atoms with van der Waals surface area (Å²) in [6.45, 7) is 3.52. The van der Waals surface area contributed by atoms with E-state index in [0.717, 1.165) is 33.9 Å². The van der Waals surface area contributed by atoms with Crippen molar-refractivity contribution in [3.63, 3.8) is 0 Å². The van der Waals surface area contributed by atoms with Crippen LogP contribution in [0.1, 0.15) is 19.1 Å². The molecule has 9 heteroatoms. The van der Waals surface area contributed by atoms with E-state index in [9.17, 15) is 4.79 Å². The number of furan rings is 1. The van der Waals surface area contributed by atoms with Crippen molar-refractivity contribution < 1.29 is 9.21 Å². The van der Waals surface area contributed by atoms with Crippen molar-refractivity contribution in [3.05, 3.63) is 48.4 Å². The summed E-state index contributed by atoms with van der Waals surface area (Å²) < 4.78 is 6.07. The van der Waals surface area contributed by atoms with Gasteiger partial charge >= 0.3 is 0 Å². The number of carbonyl (C=O) groups excluding carboxylic acids is 1. The largest absolute Gasteiger partial charge is 0.467 e. The van der Waals surface area contributed by atoms with E-state index in [0.29, 0.717) is 17.5 Å². The van der Waals surface area contributed by atoms with Crippen molar-refractivity contribution in [2.75, 3.05) is 22.5 Å². The van der Waals surface area contributed by atoms with Crippen LogP contribution >= 0.6 is 34.9 Å². The van der Waals surface area contributed by atoms with Gasteiger partial charge in [0.15, 0.2) is 4.34 Å². The van der Waals surface area contributed by atoms with Crippen LogP contribution in [-0.4, -0.2) is 33.7 Å². The second kappa shape index (κ2) is 9.02. The summed E-state index contributed by atoms with van der Waals surface area (Å²) >= 11 is 4.72. The van der Waals surface area contributed by atoms with Gasteiger partial charge in [0, 0.05) is 16.7 Å². The summed E-state index contributed by atoms with van der Waals surface area (Å²) in [7, 11) is 0. The van der Waals surface area contributed by atoms with Gasteiger partial charge in [-0.05, 0) is 30.7 Å². The van der Waals surface area contributed by atoms with Crippen LogP contribution in [0.15, 0.2) is 56.3 Å². The SMILES string of the molecule is C[C@H]1CCN(C(=O)CSc2nnc(NCc3ccco3)s2)c2ccccc2S1. The van der Waals surface area contributed by atoms with Gasteiger partial charge in [0.1, 0.15) is 5.76 Å². The van der Waals surface area contributed by atoms with E-state index in [1.807, 2.05) is 47.0 Å². The van der Waals surface area contributed by atoms with E-state index in [4.69, 9.17) is 4.42 Å². The molecular formula is C19H20N4O2S3. The summed E-state index contributed by atoms with van der Waals surface area (Å²) in [6, 6.07) is 11.9. The lowest BCUT2D eigenvalue weighted by atomic mass is 10.2. The lowest BCUT2D eigenvalue weighted by Crippen LogP contribution is -2.33. The number of nitrogens with one attached hydrogen (secondary N) is 1. The highest BCUT2D eigenvalue weighted by molar-refractivity contribution is 8.01. The smallest absolute Gasteiger partial charge is 0.237 e. The van der Waals surface area contributed by atoms with Crippen LogP contribution < -0.4 is 10.2 Å². The van der Waals surface area contributed by atoms with Crippen LogP contribution in [0.5, 0.6) is 0 Å². The predicted molar refractivity (Wildman–Crippen MR) is 115 cm³/mol. The number of carbonyl (C=O) groups is 1. The van der Waals surface area contributed by atoms with Gasteiger partial charge in [-0.2, -0.15) is 0 Å². The van der Waals surface area contributed by atoms with Gasteiger partial charge in [0.25, 0.3) is 0 Å². The van der Waals surface area contributed by atoms with Gasteiger partial charge in [0.05, 0.1) is 24.2 Å². The Morgan fingerprint density at radius 3 is 3.07 bits per heavy atom. The maximum atomic E-state index is 12.9. The maximum absolute atomic E-state index is 12.9. The van der Waals surface area contributed by atoms with Crippen LogP contribution in [0.3, 0.4) is 0 Å². The third-order valence-corrected chi connectivity index (χ3v) is 7.50. The maximum Gasteiger partial charge on any atom is 0.237 e. The topological polar surface area (TPSA) is 71.3 Å². The van der Waals surface area contributed by atoms with Crippen LogP contribution in [0, 0.1) is 0 Å². The van der Waals surface area contributed by atoms with Crippen molar-refractivity contribution in [2.45, 2.75) is 34.4 Å². The molecule has 0 fully saturated rings. The Balaban J connectivity index is 1.35. The van der Waals surface area contributed by atoms with Gasteiger partial charge < -0.3 is 14.6 Å². The Bertz CT molecular complexity index is 929. The van der Waals surface area contributed by atoms with Gasteiger partial charge in [-0.15, -0.1) is 22.0 Å². The van der Waals surface area contributed by atoms with Crippen molar-refractivity contribution >= 4 is 51.6 Å². The number of benzene rings is 1. The fourth-order valence-electron chi connectivity index (χ4n) is 2.86. The molecule has 1 N–H and O–H groups in total. The van der Waals surface area contributed by atoms with Gasteiger partial charge in [-0.1, -0.05) is 42.2 Å². The summed E-state index contributed by atoms with van der Waals surface area (Å²) in [6.07, 6.45) is 2.62. The standard InChI is InChI=1S/C19H20N4O2S3/c1-13-8-9-23(15-6-2-3-7-16(15)27-13)17(24)12-26-19-22-21-18(28-19)20-11-14-5-4-10-25-14/h2-7,10,13H,8-9,11-12H2,1H3,(H,20,21)/t13-/m0/s1. The van der Waals surface area contributed by atoms with Crippen molar-refractivity contribution in [1.29, 1.82) is 0 Å². The third-order valence-electron chi connectivity index (χ3n) is 4.26. The Labute approximate surface area is 176 Å². The molecule has 1 amide bonds. The molecule has 4 rings (SSSR count). The molecule has 0 unspecified atom stereocenters. The van der Waals surface area contributed by atoms with Crippen LogP contribution in [-0.2, 0) is 11.3 Å². The van der Waals surface area contributed by atoms with Crippen LogP contribution in [0.2, 0.25) is 0 Å². The zero-order valence-corrected chi connectivity index (χ0v) is 17.8. The van der Waals surface area contributed by atoms with E-state index >= 15 is 0 Å². The second-order valence-electron chi connectivity index (χ2n) is 6.32. The minimum Gasteiger partial charge on any atom is -0.467 e. The zero-order valence-electron chi connectivity index (χ0n) is 15.3. The highest BCUT2D eigenvalue weighted by Gasteiger charge is 2.24. The highest BCUT2D eigenvalue weighted by Crippen LogP contribution is 2.37. The van der Waals surface area contributed by atoms with E-state index < -0.39 is 0 Å². The molecule has 0 saturated carbocycles. The second-order valence-corrected chi connectivity index (χ2v) is 10.0. The van der Waals surface area contributed by atoms with E-state index in [1.54, 1.807) is 6.26 Å². The quantitative estimate of drug-likeness (QED) is 0.563. The molecule has 1 aliphatic heterocycles. The lowest BCUT2D eigenvalue weighted by molar-refractivity contribution is -0.116. The van der Waals surface area contributed by atoms with Gasteiger partial charge in [-0.25, -0.2) is 0 Å². The first-order chi connectivity index (χ1) is 13.7. The molecule has 6 nitrogen and oxygen atoms in total. The molecule has 1 aromatic carbocycles. The number of amides is 1. The van der Waals surface area contributed by atoms with Crippen molar-refractivity contribution in [1.82, 2.24) is 10.2 Å². The fourth-order valence-corrected chi connectivity index (χ4v) is 5.60. The Morgan fingerprint density at radius 1 is 1.32 bits per heavy atom. The highest BCUT2D eigenvalue weighted by atomic mass is 32.2. The van der Waals surface area contributed by atoms with E-state index in [2.05, 4.69) is 28.5 Å². The first kappa shape index (κ1) is 19.4. The zero-order chi connectivity index (χ0) is 19.3. The summed E-state index contributed by atoms with van der Waals surface area (Å²) in [5, 5.41) is 12.7. The van der Waals surface area contributed by atoms with Gasteiger partial charge in [0.2, 0.25) is 11.0 Å². The van der Waals surface area contributed by atoms with E-state index in [1.165, 1.54) is 28.0 Å². The summed E-state index contributed by atoms with van der Waals surface area (Å²) in [4.78, 5) is 16.0. The Morgan fingerprint density at radius 2 is 2.21 bits per heavy atom. The predicted octanol–water partition coefficient (Wildman–Crippen LogP) is 4.75. The lowest BCUT2D eigenvalue weighted by Gasteiger charge is -2.22. The minimum absolute atomic E-state index is 0.104. The molecule has 146 valence electrons. The number of fused-ring (bicyclic) bond motifs is 1. The molecule has 0 saturated heterocycles. The number of hydrogen-bond donors (Lipinski definition) is 1. The Kier molecular flexibility index (Phi) is 6.23. The molecular weight excluding hydrogens is 412 g/mol. The average molecular weight is 433 g/mol. The first-order valence-corrected chi connectivity index (χ1v) is 11.7. The number of thioether (sulfide) groups is 2. The molecule has 2 aromatic heterocycles. The molecule has 0 spiro atoms. The number of anilines is 2. The molecule has 3 heterocycles. The Hall–Kier alpha value is -1.97. The van der Waals surface area contributed by atoms with Crippen LogP contribution in [0.4, 0.5) is 10.8 Å². The number of rotatable bonds is 6. The van der Waals surface area contributed by atoms with Crippen molar-refractivity contribution in [3.8, 4) is 0 Å². The molecule has 3 aromatic rings. The van der Waals surface area contributed by atoms with Crippen LogP contribution in [0.25, 0.3) is 0 Å². The molecule has 28 heavy (non-hydrogen) atoms.